The second-order valence-corrected chi connectivity index (χ2v) is 6.28. The van der Waals surface area contributed by atoms with E-state index >= 15 is 0 Å². The molecule has 2 N–H and O–H groups in total. The Balaban J connectivity index is 1.66. The summed E-state index contributed by atoms with van der Waals surface area (Å²) in [5.41, 5.74) is -0.321. The summed E-state index contributed by atoms with van der Waals surface area (Å²) in [7, 11) is 0. The molecule has 132 valence electrons. The van der Waals surface area contributed by atoms with Crippen molar-refractivity contribution < 1.29 is 24.2 Å². The minimum Gasteiger partial charge on any atom is -0.479 e. The number of carbonyl (C=O) groups is 2. The van der Waals surface area contributed by atoms with Crippen molar-refractivity contribution in [1.82, 2.24) is 9.88 Å². The van der Waals surface area contributed by atoms with Crippen LogP contribution in [-0.2, 0) is 16.0 Å². The lowest BCUT2D eigenvalue weighted by molar-refractivity contribution is -0.165. The third-order valence-electron chi connectivity index (χ3n) is 4.57. The second kappa shape index (κ2) is 6.68. The van der Waals surface area contributed by atoms with E-state index in [-0.39, 0.29) is 38.3 Å². The number of amides is 1. The number of aryl methyl sites for hydroxylation is 1. The maximum absolute atomic E-state index is 12.5. The van der Waals surface area contributed by atoms with E-state index in [0.29, 0.717) is 17.3 Å². The van der Waals surface area contributed by atoms with E-state index in [2.05, 4.69) is 4.98 Å². The molecule has 1 aliphatic rings. The van der Waals surface area contributed by atoms with Gasteiger partial charge in [-0.05, 0) is 19.1 Å². The van der Waals surface area contributed by atoms with Gasteiger partial charge < -0.3 is 19.5 Å². The van der Waals surface area contributed by atoms with Crippen molar-refractivity contribution in [3.8, 4) is 11.5 Å². The number of carbonyl (C=O) groups excluding carboxylic acids is 1. The van der Waals surface area contributed by atoms with Gasteiger partial charge in [-0.2, -0.15) is 0 Å². The number of carboxylic acid groups (broad SMARTS) is 1. The first-order valence-corrected chi connectivity index (χ1v) is 8.14. The number of hydrogen-bond acceptors (Lipinski definition) is 5. The fourth-order valence-corrected chi connectivity index (χ4v) is 2.89. The number of hydrogen-bond donors (Lipinski definition) is 2. The molecule has 25 heavy (non-hydrogen) atoms. The van der Waals surface area contributed by atoms with E-state index in [1.807, 2.05) is 30.3 Å². The van der Waals surface area contributed by atoms with Crippen LogP contribution in [-0.4, -0.2) is 50.7 Å². The predicted molar refractivity (Wildman–Crippen MR) is 88.8 cm³/mol. The molecule has 7 nitrogen and oxygen atoms in total. The van der Waals surface area contributed by atoms with Gasteiger partial charge in [0.2, 0.25) is 11.8 Å². The molecule has 0 radical (unpaired) electrons. The molecule has 1 aliphatic heterocycles. The highest BCUT2D eigenvalue weighted by atomic mass is 16.4. The number of aliphatic hydroxyl groups is 1. The van der Waals surface area contributed by atoms with Gasteiger partial charge in [-0.15, -0.1) is 0 Å². The first-order valence-electron chi connectivity index (χ1n) is 8.14. The lowest BCUT2D eigenvalue weighted by Gasteiger charge is -2.35. The van der Waals surface area contributed by atoms with Crippen LogP contribution in [0.25, 0.3) is 11.5 Å². The quantitative estimate of drug-likeness (QED) is 0.874. The molecule has 0 saturated carbocycles. The summed E-state index contributed by atoms with van der Waals surface area (Å²) in [6.07, 6.45) is 0.149. The molecule has 0 aliphatic carbocycles. The largest absolute Gasteiger partial charge is 0.479 e. The first kappa shape index (κ1) is 17.2. The number of carboxylic acids is 1. The third kappa shape index (κ3) is 3.56. The molecule has 0 spiro atoms. The Labute approximate surface area is 144 Å². The van der Waals surface area contributed by atoms with Gasteiger partial charge in [-0.25, -0.2) is 9.78 Å². The van der Waals surface area contributed by atoms with Gasteiger partial charge in [0.05, 0.1) is 12.1 Å². The maximum atomic E-state index is 12.5. The van der Waals surface area contributed by atoms with Crippen molar-refractivity contribution in [2.75, 3.05) is 13.1 Å². The maximum Gasteiger partial charge on any atom is 0.335 e. The zero-order chi connectivity index (χ0) is 18.0. The van der Waals surface area contributed by atoms with Crippen molar-refractivity contribution in [3.63, 3.8) is 0 Å². The standard InChI is InChI=1S/C18H20N2O5/c1-12-14(19-16(25-12)13-5-3-2-4-6-13)11-15(21)20-9-7-18(24,8-10-20)17(22)23/h2-6,24H,7-11H2,1H3,(H,22,23). The van der Waals surface area contributed by atoms with Gasteiger partial charge in [0, 0.05) is 31.5 Å². The molecule has 1 aromatic heterocycles. The molecule has 1 amide bonds. The van der Waals surface area contributed by atoms with Gasteiger partial charge in [0.15, 0.2) is 5.60 Å². The number of piperidine rings is 1. The minimum atomic E-state index is -1.74. The summed E-state index contributed by atoms with van der Waals surface area (Å²) in [5.74, 6) is -0.325. The highest BCUT2D eigenvalue weighted by molar-refractivity contribution is 5.80. The number of aliphatic carboxylic acids is 1. The average molecular weight is 344 g/mol. The normalized spacial score (nSPS) is 16.6. The highest BCUT2D eigenvalue weighted by Gasteiger charge is 2.40. The number of nitrogens with zero attached hydrogens (tertiary/aromatic N) is 2. The Morgan fingerprint density at radius 3 is 2.48 bits per heavy atom. The lowest BCUT2D eigenvalue weighted by Crippen LogP contribution is -2.51. The molecule has 1 fully saturated rings. The van der Waals surface area contributed by atoms with Crippen molar-refractivity contribution in [2.24, 2.45) is 0 Å². The Morgan fingerprint density at radius 1 is 1.24 bits per heavy atom. The van der Waals surface area contributed by atoms with E-state index in [4.69, 9.17) is 9.52 Å². The van der Waals surface area contributed by atoms with E-state index in [1.54, 1.807) is 11.8 Å². The molecule has 0 unspecified atom stereocenters. The summed E-state index contributed by atoms with van der Waals surface area (Å²) < 4.78 is 5.65. The molecule has 1 saturated heterocycles. The topological polar surface area (TPSA) is 104 Å². The van der Waals surface area contributed by atoms with Crippen LogP contribution in [0.3, 0.4) is 0 Å². The molecule has 1 aromatic carbocycles. The van der Waals surface area contributed by atoms with Crippen LogP contribution in [0.15, 0.2) is 34.7 Å². The third-order valence-corrected chi connectivity index (χ3v) is 4.57. The monoisotopic (exact) mass is 344 g/mol. The molecule has 7 heteroatoms. The van der Waals surface area contributed by atoms with Gasteiger partial charge in [-0.3, -0.25) is 4.79 Å². The zero-order valence-corrected chi connectivity index (χ0v) is 13.9. The lowest BCUT2D eigenvalue weighted by atomic mass is 9.91. The van der Waals surface area contributed by atoms with Crippen LogP contribution in [0.4, 0.5) is 0 Å². The average Bonchev–Trinajstić information content (AvgIpc) is 2.97. The summed E-state index contributed by atoms with van der Waals surface area (Å²) in [4.78, 5) is 29.5. The van der Waals surface area contributed by atoms with Crippen molar-refractivity contribution in [3.05, 3.63) is 41.8 Å². The fourth-order valence-electron chi connectivity index (χ4n) is 2.89. The number of benzene rings is 1. The van der Waals surface area contributed by atoms with E-state index < -0.39 is 11.6 Å². The van der Waals surface area contributed by atoms with Crippen LogP contribution in [0.5, 0.6) is 0 Å². The molecular weight excluding hydrogens is 324 g/mol. The minimum absolute atomic E-state index is 0.0289. The van der Waals surface area contributed by atoms with Crippen LogP contribution >= 0.6 is 0 Å². The van der Waals surface area contributed by atoms with E-state index in [9.17, 15) is 14.7 Å². The van der Waals surface area contributed by atoms with Crippen molar-refractivity contribution in [1.29, 1.82) is 0 Å². The van der Waals surface area contributed by atoms with E-state index in [1.165, 1.54) is 0 Å². The molecule has 2 heterocycles. The number of likely N-dealkylation sites (tertiary alicyclic amines) is 1. The van der Waals surface area contributed by atoms with Crippen LogP contribution < -0.4 is 0 Å². The molecular formula is C18H20N2O5. The number of oxazole rings is 1. The number of aromatic nitrogens is 1. The Morgan fingerprint density at radius 2 is 1.88 bits per heavy atom. The van der Waals surface area contributed by atoms with E-state index in [0.717, 1.165) is 5.56 Å². The fraction of sp³-hybridized carbons (Fsp3) is 0.389. The molecule has 2 aromatic rings. The molecule has 0 bridgehead atoms. The SMILES string of the molecule is Cc1oc(-c2ccccc2)nc1CC(=O)N1CCC(O)(C(=O)O)CC1. The summed E-state index contributed by atoms with van der Waals surface area (Å²) in [6.45, 7) is 2.19. The smallest absolute Gasteiger partial charge is 0.335 e. The number of rotatable bonds is 4. The van der Waals surface area contributed by atoms with Crippen LogP contribution in [0.2, 0.25) is 0 Å². The Kier molecular flexibility index (Phi) is 4.59. The molecule has 0 atom stereocenters. The Hall–Kier alpha value is -2.67. The van der Waals surface area contributed by atoms with Gasteiger partial charge in [-0.1, -0.05) is 18.2 Å². The predicted octanol–water partition coefficient (Wildman–Crippen LogP) is 1.63. The second-order valence-electron chi connectivity index (χ2n) is 6.28. The van der Waals surface area contributed by atoms with Crippen LogP contribution in [0, 0.1) is 6.92 Å². The Bertz CT molecular complexity index is 776. The van der Waals surface area contributed by atoms with Crippen LogP contribution in [0.1, 0.15) is 24.3 Å². The highest BCUT2D eigenvalue weighted by Crippen LogP contribution is 2.25. The first-order chi connectivity index (χ1) is 11.9. The van der Waals surface area contributed by atoms with Gasteiger partial charge in [0.25, 0.3) is 0 Å². The summed E-state index contributed by atoms with van der Waals surface area (Å²) in [5, 5.41) is 19.0. The van der Waals surface area contributed by atoms with Crippen molar-refractivity contribution >= 4 is 11.9 Å². The van der Waals surface area contributed by atoms with Gasteiger partial charge >= 0.3 is 5.97 Å². The zero-order valence-electron chi connectivity index (χ0n) is 13.9. The van der Waals surface area contributed by atoms with Crippen molar-refractivity contribution in [2.45, 2.75) is 31.8 Å². The van der Waals surface area contributed by atoms with Gasteiger partial charge in [0.1, 0.15) is 5.76 Å². The summed E-state index contributed by atoms with van der Waals surface area (Å²) in [6, 6.07) is 9.44. The molecule has 3 rings (SSSR count). The summed E-state index contributed by atoms with van der Waals surface area (Å²) >= 11 is 0.